The molecule has 2 heterocycles. The zero-order valence-corrected chi connectivity index (χ0v) is 17.5. The van der Waals surface area contributed by atoms with Crippen LogP contribution in [0.3, 0.4) is 0 Å². The molecule has 0 spiro atoms. The molecule has 1 aromatic rings. The van der Waals surface area contributed by atoms with Crippen molar-refractivity contribution in [2.45, 2.75) is 31.4 Å². The second kappa shape index (κ2) is 10.1. The van der Waals surface area contributed by atoms with Crippen LogP contribution in [-0.2, 0) is 20.6 Å². The van der Waals surface area contributed by atoms with E-state index in [0.717, 1.165) is 38.8 Å². The molecular weight excluding hydrogens is 392 g/mol. The Kier molecular flexibility index (Phi) is 7.49. The lowest BCUT2D eigenvalue weighted by molar-refractivity contribution is -0.126. The second-order valence-electron chi connectivity index (χ2n) is 7.69. The van der Waals surface area contributed by atoms with Crippen molar-refractivity contribution in [1.29, 1.82) is 0 Å². The van der Waals surface area contributed by atoms with E-state index in [1.54, 1.807) is 29.2 Å². The van der Waals surface area contributed by atoms with Gasteiger partial charge in [-0.2, -0.15) is 0 Å². The molecule has 160 valence electrons. The zero-order chi connectivity index (χ0) is 20.7. The molecular formula is C20H30N4O4S. The van der Waals surface area contributed by atoms with E-state index in [1.165, 1.54) is 0 Å². The number of piperidine rings is 1. The highest BCUT2D eigenvalue weighted by Gasteiger charge is 2.31. The lowest BCUT2D eigenvalue weighted by atomic mass is 9.97. The molecule has 0 unspecified atom stereocenters. The van der Waals surface area contributed by atoms with Gasteiger partial charge in [-0.05, 0) is 31.2 Å². The highest BCUT2D eigenvalue weighted by molar-refractivity contribution is 7.88. The molecule has 0 saturated carbocycles. The van der Waals surface area contributed by atoms with Crippen LogP contribution in [0.15, 0.2) is 30.3 Å². The molecule has 2 fully saturated rings. The van der Waals surface area contributed by atoms with E-state index in [1.807, 2.05) is 11.0 Å². The molecule has 29 heavy (non-hydrogen) atoms. The van der Waals surface area contributed by atoms with Crippen molar-refractivity contribution in [3.05, 3.63) is 35.9 Å². The van der Waals surface area contributed by atoms with Gasteiger partial charge in [-0.25, -0.2) is 17.9 Å². The quantitative estimate of drug-likeness (QED) is 0.644. The third-order valence-corrected chi connectivity index (χ3v) is 6.74. The maximum atomic E-state index is 12.5. The highest BCUT2D eigenvalue weighted by atomic mass is 32.2. The van der Waals surface area contributed by atoms with Gasteiger partial charge < -0.3 is 15.1 Å². The fourth-order valence-corrected chi connectivity index (χ4v) is 5.00. The summed E-state index contributed by atoms with van der Waals surface area (Å²) in [6.07, 6.45) is 3.64. The molecule has 0 radical (unpaired) electrons. The number of nitrogens with one attached hydrogen (secondary N) is 2. The Morgan fingerprint density at radius 2 is 1.66 bits per heavy atom. The summed E-state index contributed by atoms with van der Waals surface area (Å²) >= 11 is 0. The molecule has 3 rings (SSSR count). The Morgan fingerprint density at radius 3 is 2.38 bits per heavy atom. The number of hydrogen-bond acceptors (Lipinski definition) is 4. The first-order chi connectivity index (χ1) is 13.9. The number of nitrogens with zero attached hydrogens (tertiary/aromatic N) is 2. The van der Waals surface area contributed by atoms with Gasteiger partial charge in [0.05, 0.1) is 11.7 Å². The van der Waals surface area contributed by atoms with Gasteiger partial charge in [-0.1, -0.05) is 30.3 Å². The third kappa shape index (κ3) is 6.43. The van der Waals surface area contributed by atoms with Gasteiger partial charge >= 0.3 is 6.03 Å². The van der Waals surface area contributed by atoms with E-state index in [9.17, 15) is 18.0 Å². The van der Waals surface area contributed by atoms with Gasteiger partial charge in [0, 0.05) is 39.3 Å². The fraction of sp³-hybridized carbons (Fsp3) is 0.600. The summed E-state index contributed by atoms with van der Waals surface area (Å²) in [6.45, 7) is 3.09. The molecule has 8 nitrogen and oxygen atoms in total. The van der Waals surface area contributed by atoms with Gasteiger partial charge in [0.2, 0.25) is 15.9 Å². The molecule has 0 aliphatic carbocycles. The minimum absolute atomic E-state index is 0.0358. The number of rotatable bonds is 7. The molecule has 2 aliphatic rings. The van der Waals surface area contributed by atoms with Crippen molar-refractivity contribution in [2.75, 3.05) is 39.3 Å². The Balaban J connectivity index is 1.39. The number of carbonyl (C=O) groups is 2. The van der Waals surface area contributed by atoms with Crippen LogP contribution in [0, 0.1) is 5.92 Å². The summed E-state index contributed by atoms with van der Waals surface area (Å²) < 4.78 is 26.8. The van der Waals surface area contributed by atoms with E-state index in [0.29, 0.717) is 18.7 Å². The molecule has 2 N–H and O–H groups in total. The SMILES string of the molecule is O=C(NCCNS(=O)(=O)Cc1ccccc1)[C@H]1CCCN(C(=O)N2CCCC2)C1. The number of benzene rings is 1. The summed E-state index contributed by atoms with van der Waals surface area (Å²) in [5, 5.41) is 2.80. The lowest BCUT2D eigenvalue weighted by Gasteiger charge is -2.34. The minimum atomic E-state index is -3.45. The van der Waals surface area contributed by atoms with Crippen LogP contribution in [0.1, 0.15) is 31.2 Å². The standard InChI is InChI=1S/C20H30N4O4S/c25-19(18-9-6-14-24(15-18)20(26)23-12-4-5-13-23)21-10-11-22-29(27,28)16-17-7-2-1-3-8-17/h1-3,7-8,18,22H,4-6,9-16H2,(H,21,25)/t18-/m0/s1. The topological polar surface area (TPSA) is 98.8 Å². The van der Waals surface area contributed by atoms with E-state index >= 15 is 0 Å². The number of amides is 3. The highest BCUT2D eigenvalue weighted by Crippen LogP contribution is 2.19. The number of hydrogen-bond donors (Lipinski definition) is 2. The summed E-state index contributed by atoms with van der Waals surface area (Å²) in [4.78, 5) is 28.6. The van der Waals surface area contributed by atoms with Crippen LogP contribution in [0.4, 0.5) is 4.79 Å². The van der Waals surface area contributed by atoms with E-state index in [-0.39, 0.29) is 36.7 Å². The summed E-state index contributed by atoms with van der Waals surface area (Å²) in [5.74, 6) is -0.444. The summed E-state index contributed by atoms with van der Waals surface area (Å²) in [6, 6.07) is 9.00. The van der Waals surface area contributed by atoms with Gasteiger partial charge in [0.1, 0.15) is 0 Å². The predicted molar refractivity (Wildman–Crippen MR) is 111 cm³/mol. The normalized spacial score (nSPS) is 19.9. The summed E-state index contributed by atoms with van der Waals surface area (Å²) in [7, 11) is -3.45. The minimum Gasteiger partial charge on any atom is -0.354 e. The van der Waals surface area contributed by atoms with Crippen molar-refractivity contribution in [3.8, 4) is 0 Å². The Hall–Kier alpha value is -2.13. The molecule has 9 heteroatoms. The first-order valence-electron chi connectivity index (χ1n) is 10.3. The number of urea groups is 1. The monoisotopic (exact) mass is 422 g/mol. The Labute approximate surface area is 172 Å². The van der Waals surface area contributed by atoms with Crippen LogP contribution < -0.4 is 10.0 Å². The second-order valence-corrected chi connectivity index (χ2v) is 9.50. The van der Waals surface area contributed by atoms with Gasteiger partial charge in [0.15, 0.2) is 0 Å². The first kappa shape index (κ1) is 21.6. The maximum absolute atomic E-state index is 12.5. The first-order valence-corrected chi connectivity index (χ1v) is 11.9. The average Bonchev–Trinajstić information content (AvgIpc) is 3.26. The van der Waals surface area contributed by atoms with Crippen LogP contribution in [0.25, 0.3) is 0 Å². The van der Waals surface area contributed by atoms with Gasteiger partial charge in [-0.15, -0.1) is 0 Å². The Bertz CT molecular complexity index is 794. The molecule has 3 amide bonds. The van der Waals surface area contributed by atoms with Crippen molar-refractivity contribution in [2.24, 2.45) is 5.92 Å². The number of carbonyl (C=O) groups excluding carboxylic acids is 2. The lowest BCUT2D eigenvalue weighted by Crippen LogP contribution is -2.50. The molecule has 1 atom stereocenters. The zero-order valence-electron chi connectivity index (χ0n) is 16.7. The van der Waals surface area contributed by atoms with Crippen LogP contribution in [0.2, 0.25) is 0 Å². The number of sulfonamides is 1. The van der Waals surface area contributed by atoms with Crippen molar-refractivity contribution in [3.63, 3.8) is 0 Å². The van der Waals surface area contributed by atoms with Gasteiger partial charge in [-0.3, -0.25) is 4.79 Å². The van der Waals surface area contributed by atoms with E-state index < -0.39 is 10.0 Å². The van der Waals surface area contributed by atoms with Crippen LogP contribution >= 0.6 is 0 Å². The van der Waals surface area contributed by atoms with Crippen molar-refractivity contribution >= 4 is 22.0 Å². The molecule has 1 aromatic carbocycles. The fourth-order valence-electron chi connectivity index (χ4n) is 3.85. The molecule has 2 aliphatic heterocycles. The maximum Gasteiger partial charge on any atom is 0.320 e. The van der Waals surface area contributed by atoms with E-state index in [4.69, 9.17) is 0 Å². The summed E-state index contributed by atoms with van der Waals surface area (Å²) in [5.41, 5.74) is 0.717. The largest absolute Gasteiger partial charge is 0.354 e. The molecule has 0 bridgehead atoms. The van der Waals surface area contributed by atoms with E-state index in [2.05, 4.69) is 10.0 Å². The molecule has 2 saturated heterocycles. The number of likely N-dealkylation sites (tertiary alicyclic amines) is 2. The Morgan fingerprint density at radius 1 is 0.966 bits per heavy atom. The van der Waals surface area contributed by atoms with Crippen molar-refractivity contribution in [1.82, 2.24) is 19.8 Å². The van der Waals surface area contributed by atoms with Gasteiger partial charge in [0.25, 0.3) is 0 Å². The predicted octanol–water partition coefficient (Wildman–Crippen LogP) is 1.15. The third-order valence-electron chi connectivity index (χ3n) is 5.39. The van der Waals surface area contributed by atoms with Crippen LogP contribution in [-0.4, -0.2) is 69.4 Å². The smallest absolute Gasteiger partial charge is 0.320 e. The molecule has 0 aromatic heterocycles. The average molecular weight is 423 g/mol. The van der Waals surface area contributed by atoms with Crippen molar-refractivity contribution < 1.29 is 18.0 Å². The van der Waals surface area contributed by atoms with Crippen LogP contribution in [0.5, 0.6) is 0 Å².